The maximum atomic E-state index is 13.1. The fraction of sp³-hybridized carbons (Fsp3) is 0.200. The van der Waals surface area contributed by atoms with Crippen molar-refractivity contribution in [2.24, 2.45) is 5.10 Å². The standard InChI is InChI=1S/C25H24BrFN2O5/c1-4-33-22-13-18(7-10-21(22)31-2)25(30)29-28-14-17-11-20(26)24(23(12-17)32-3)34-15-16-5-8-19(27)9-6-16/h5-14H,4,15H2,1-3H3,(H,29,30)/b28-14+. The molecule has 0 radical (unpaired) electrons. The molecule has 7 nitrogen and oxygen atoms in total. The highest BCUT2D eigenvalue weighted by Crippen LogP contribution is 2.37. The highest BCUT2D eigenvalue weighted by atomic mass is 79.9. The lowest BCUT2D eigenvalue weighted by molar-refractivity contribution is 0.0954. The Hall–Kier alpha value is -3.59. The summed E-state index contributed by atoms with van der Waals surface area (Å²) >= 11 is 3.48. The molecule has 0 aliphatic heterocycles. The first-order valence-electron chi connectivity index (χ1n) is 10.3. The van der Waals surface area contributed by atoms with Crippen molar-refractivity contribution >= 4 is 28.1 Å². The summed E-state index contributed by atoms with van der Waals surface area (Å²) in [6, 6.07) is 14.4. The summed E-state index contributed by atoms with van der Waals surface area (Å²) in [7, 11) is 3.06. The second kappa shape index (κ2) is 12.0. The summed E-state index contributed by atoms with van der Waals surface area (Å²) in [5, 5.41) is 4.03. The summed E-state index contributed by atoms with van der Waals surface area (Å²) in [5.74, 6) is 1.28. The average molecular weight is 531 g/mol. The van der Waals surface area contributed by atoms with Gasteiger partial charge in [0.25, 0.3) is 5.91 Å². The van der Waals surface area contributed by atoms with E-state index in [1.165, 1.54) is 32.6 Å². The molecule has 3 aromatic carbocycles. The summed E-state index contributed by atoms with van der Waals surface area (Å²) in [6.45, 7) is 2.53. The van der Waals surface area contributed by atoms with E-state index in [9.17, 15) is 9.18 Å². The monoisotopic (exact) mass is 530 g/mol. The number of nitrogens with one attached hydrogen (secondary N) is 1. The second-order valence-corrected chi connectivity index (χ2v) is 7.80. The number of carbonyl (C=O) groups excluding carboxylic acids is 1. The van der Waals surface area contributed by atoms with Crippen LogP contribution in [0.3, 0.4) is 0 Å². The Kier molecular flexibility index (Phi) is 8.86. The summed E-state index contributed by atoms with van der Waals surface area (Å²) < 4.78 is 35.8. The Morgan fingerprint density at radius 3 is 2.41 bits per heavy atom. The van der Waals surface area contributed by atoms with Crippen molar-refractivity contribution in [3.63, 3.8) is 0 Å². The molecule has 3 aromatic rings. The van der Waals surface area contributed by atoms with Gasteiger partial charge in [0.2, 0.25) is 0 Å². The van der Waals surface area contributed by atoms with Crippen molar-refractivity contribution in [1.29, 1.82) is 0 Å². The first-order valence-corrected chi connectivity index (χ1v) is 11.1. The van der Waals surface area contributed by atoms with Gasteiger partial charge in [0.1, 0.15) is 12.4 Å². The predicted molar refractivity (Wildman–Crippen MR) is 131 cm³/mol. The lowest BCUT2D eigenvalue weighted by Gasteiger charge is -2.13. The SMILES string of the molecule is CCOc1cc(C(=O)N/N=C/c2cc(Br)c(OCc3ccc(F)cc3)c(OC)c2)ccc1OC. The molecule has 0 fully saturated rings. The van der Waals surface area contributed by atoms with Gasteiger partial charge in [-0.3, -0.25) is 4.79 Å². The van der Waals surface area contributed by atoms with Gasteiger partial charge in [-0.25, -0.2) is 9.82 Å². The van der Waals surface area contributed by atoms with Crippen LogP contribution in [0.25, 0.3) is 0 Å². The van der Waals surface area contributed by atoms with Crippen molar-refractivity contribution in [2.45, 2.75) is 13.5 Å². The largest absolute Gasteiger partial charge is 0.493 e. The van der Waals surface area contributed by atoms with Crippen LogP contribution < -0.4 is 24.4 Å². The maximum absolute atomic E-state index is 13.1. The van der Waals surface area contributed by atoms with Crippen molar-refractivity contribution in [1.82, 2.24) is 5.43 Å². The van der Waals surface area contributed by atoms with Crippen LogP contribution in [-0.4, -0.2) is 32.9 Å². The molecule has 0 bridgehead atoms. The third-order valence-electron chi connectivity index (χ3n) is 4.65. The van der Waals surface area contributed by atoms with E-state index in [0.29, 0.717) is 45.2 Å². The molecule has 0 aliphatic carbocycles. The van der Waals surface area contributed by atoms with E-state index in [0.717, 1.165) is 5.56 Å². The second-order valence-electron chi connectivity index (χ2n) is 6.95. The van der Waals surface area contributed by atoms with E-state index in [1.807, 2.05) is 6.92 Å². The Labute approximate surface area is 205 Å². The topological polar surface area (TPSA) is 78.4 Å². The molecule has 0 unspecified atom stereocenters. The van der Waals surface area contributed by atoms with Gasteiger partial charge in [-0.15, -0.1) is 0 Å². The van der Waals surface area contributed by atoms with Gasteiger partial charge in [-0.1, -0.05) is 12.1 Å². The van der Waals surface area contributed by atoms with Gasteiger partial charge in [-0.05, 0) is 76.4 Å². The van der Waals surface area contributed by atoms with Gasteiger partial charge >= 0.3 is 0 Å². The molecular formula is C25H24BrFN2O5. The number of nitrogens with zero attached hydrogens (tertiary/aromatic N) is 1. The normalized spacial score (nSPS) is 10.7. The number of carbonyl (C=O) groups is 1. The Morgan fingerprint density at radius 1 is 1.00 bits per heavy atom. The van der Waals surface area contributed by atoms with Gasteiger partial charge in [-0.2, -0.15) is 5.10 Å². The molecule has 0 atom stereocenters. The van der Waals surface area contributed by atoms with Crippen LogP contribution in [0.2, 0.25) is 0 Å². The highest BCUT2D eigenvalue weighted by Gasteiger charge is 2.13. The van der Waals surface area contributed by atoms with E-state index in [2.05, 4.69) is 26.5 Å². The minimum Gasteiger partial charge on any atom is -0.493 e. The van der Waals surface area contributed by atoms with Gasteiger partial charge in [0.15, 0.2) is 23.0 Å². The van der Waals surface area contributed by atoms with Gasteiger partial charge in [0.05, 0.1) is 31.5 Å². The average Bonchev–Trinajstić information content (AvgIpc) is 2.84. The summed E-state index contributed by atoms with van der Waals surface area (Å²) in [6.07, 6.45) is 1.49. The smallest absolute Gasteiger partial charge is 0.271 e. The Balaban J connectivity index is 1.68. The quantitative estimate of drug-likeness (QED) is 0.282. The third kappa shape index (κ3) is 6.48. The number of halogens is 2. The molecule has 178 valence electrons. The third-order valence-corrected chi connectivity index (χ3v) is 5.24. The van der Waals surface area contributed by atoms with Crippen molar-refractivity contribution in [3.8, 4) is 23.0 Å². The first-order chi connectivity index (χ1) is 16.4. The lowest BCUT2D eigenvalue weighted by atomic mass is 10.2. The van der Waals surface area contributed by atoms with Crippen LogP contribution in [0.15, 0.2) is 64.2 Å². The molecule has 3 rings (SSSR count). The Bertz CT molecular complexity index is 1170. The number of hydrogen-bond acceptors (Lipinski definition) is 6. The van der Waals surface area contributed by atoms with E-state index in [-0.39, 0.29) is 12.4 Å². The molecule has 0 aliphatic rings. The minimum atomic E-state index is -0.398. The van der Waals surface area contributed by atoms with Crippen LogP contribution in [0, 0.1) is 5.82 Å². The Morgan fingerprint density at radius 2 is 1.74 bits per heavy atom. The van der Waals surface area contributed by atoms with Crippen LogP contribution in [-0.2, 0) is 6.61 Å². The molecule has 0 aromatic heterocycles. The molecule has 0 saturated carbocycles. The summed E-state index contributed by atoms with van der Waals surface area (Å²) in [4.78, 5) is 12.5. The van der Waals surface area contributed by atoms with Crippen LogP contribution in [0.4, 0.5) is 4.39 Å². The number of hydrazone groups is 1. The van der Waals surface area contributed by atoms with E-state index >= 15 is 0 Å². The number of methoxy groups -OCH3 is 2. The molecule has 9 heteroatoms. The predicted octanol–water partition coefficient (Wildman–Crippen LogP) is 5.35. The molecule has 0 spiro atoms. The number of benzene rings is 3. The zero-order valence-corrected chi connectivity index (χ0v) is 20.5. The lowest BCUT2D eigenvalue weighted by Crippen LogP contribution is -2.17. The number of rotatable bonds is 10. The van der Waals surface area contributed by atoms with E-state index in [1.54, 1.807) is 42.5 Å². The van der Waals surface area contributed by atoms with Crippen LogP contribution in [0.1, 0.15) is 28.4 Å². The number of amides is 1. The van der Waals surface area contributed by atoms with Crippen molar-refractivity contribution in [3.05, 3.63) is 81.6 Å². The zero-order chi connectivity index (χ0) is 24.5. The molecule has 0 saturated heterocycles. The van der Waals surface area contributed by atoms with E-state index < -0.39 is 5.91 Å². The molecular weight excluding hydrogens is 507 g/mol. The molecule has 1 N–H and O–H groups in total. The molecule has 0 heterocycles. The zero-order valence-electron chi connectivity index (χ0n) is 18.9. The number of ether oxygens (including phenoxy) is 4. The highest BCUT2D eigenvalue weighted by molar-refractivity contribution is 9.10. The van der Waals surface area contributed by atoms with Gasteiger partial charge in [0, 0.05) is 5.56 Å². The first kappa shape index (κ1) is 25.0. The minimum absolute atomic E-state index is 0.240. The van der Waals surface area contributed by atoms with Crippen molar-refractivity contribution < 1.29 is 28.1 Å². The summed E-state index contributed by atoms with van der Waals surface area (Å²) in [5.41, 5.74) is 4.36. The van der Waals surface area contributed by atoms with Crippen LogP contribution in [0.5, 0.6) is 23.0 Å². The maximum Gasteiger partial charge on any atom is 0.271 e. The fourth-order valence-corrected chi connectivity index (χ4v) is 3.58. The molecule has 34 heavy (non-hydrogen) atoms. The fourth-order valence-electron chi connectivity index (χ4n) is 3.01. The molecule has 1 amide bonds. The number of hydrogen-bond donors (Lipinski definition) is 1. The van der Waals surface area contributed by atoms with E-state index in [4.69, 9.17) is 18.9 Å². The van der Waals surface area contributed by atoms with Crippen LogP contribution >= 0.6 is 15.9 Å². The van der Waals surface area contributed by atoms with Crippen molar-refractivity contribution in [2.75, 3.05) is 20.8 Å². The van der Waals surface area contributed by atoms with Gasteiger partial charge < -0.3 is 18.9 Å².